The van der Waals surface area contributed by atoms with E-state index in [4.69, 9.17) is 10.5 Å². The Hall–Kier alpha value is -1.06. The molecular formula is C15H25NO2. The Kier molecular flexibility index (Phi) is 6.76. The quantitative estimate of drug-likeness (QED) is 0.746. The minimum Gasteiger partial charge on any atom is -0.486 e. The van der Waals surface area contributed by atoms with Crippen molar-refractivity contribution in [2.75, 3.05) is 6.61 Å². The fourth-order valence-corrected chi connectivity index (χ4v) is 1.98. The molecule has 0 saturated heterocycles. The molecule has 0 saturated carbocycles. The van der Waals surface area contributed by atoms with E-state index in [0.717, 1.165) is 31.4 Å². The molecular weight excluding hydrogens is 226 g/mol. The SMILES string of the molecule is CCCc1ccc(OC(CO)C(N)CCC)cc1. The van der Waals surface area contributed by atoms with Crippen molar-refractivity contribution >= 4 is 0 Å². The van der Waals surface area contributed by atoms with Gasteiger partial charge in [-0.25, -0.2) is 0 Å². The third kappa shape index (κ3) is 4.67. The average Bonchev–Trinajstić information content (AvgIpc) is 2.38. The first-order valence-corrected chi connectivity index (χ1v) is 6.83. The topological polar surface area (TPSA) is 55.5 Å². The van der Waals surface area contributed by atoms with Crippen LogP contribution in [0.1, 0.15) is 38.7 Å². The van der Waals surface area contributed by atoms with Crippen LogP contribution < -0.4 is 10.5 Å². The Labute approximate surface area is 110 Å². The van der Waals surface area contributed by atoms with Crippen LogP contribution in [0.3, 0.4) is 0 Å². The summed E-state index contributed by atoms with van der Waals surface area (Å²) in [5.41, 5.74) is 7.29. The van der Waals surface area contributed by atoms with Crippen molar-refractivity contribution in [2.45, 2.75) is 51.7 Å². The summed E-state index contributed by atoms with van der Waals surface area (Å²) in [7, 11) is 0. The van der Waals surface area contributed by atoms with Gasteiger partial charge in [-0.2, -0.15) is 0 Å². The van der Waals surface area contributed by atoms with Crippen LogP contribution in [-0.2, 0) is 6.42 Å². The van der Waals surface area contributed by atoms with Crippen molar-refractivity contribution in [3.63, 3.8) is 0 Å². The van der Waals surface area contributed by atoms with Gasteiger partial charge in [0.25, 0.3) is 0 Å². The number of aliphatic hydroxyl groups is 1. The van der Waals surface area contributed by atoms with Crippen LogP contribution in [0.25, 0.3) is 0 Å². The molecule has 3 N–H and O–H groups in total. The zero-order valence-electron chi connectivity index (χ0n) is 11.4. The lowest BCUT2D eigenvalue weighted by molar-refractivity contribution is 0.0916. The van der Waals surface area contributed by atoms with Gasteiger partial charge in [0, 0.05) is 6.04 Å². The minimum absolute atomic E-state index is 0.0438. The molecule has 0 amide bonds. The molecule has 0 spiro atoms. The predicted molar refractivity (Wildman–Crippen MR) is 74.8 cm³/mol. The fraction of sp³-hybridized carbons (Fsp3) is 0.600. The van der Waals surface area contributed by atoms with Gasteiger partial charge in [-0.15, -0.1) is 0 Å². The Morgan fingerprint density at radius 3 is 2.33 bits per heavy atom. The first-order chi connectivity index (χ1) is 8.71. The van der Waals surface area contributed by atoms with Crippen LogP contribution >= 0.6 is 0 Å². The highest BCUT2D eigenvalue weighted by Gasteiger charge is 2.17. The molecule has 3 nitrogen and oxygen atoms in total. The number of ether oxygens (including phenoxy) is 1. The molecule has 0 radical (unpaired) electrons. The van der Waals surface area contributed by atoms with Crippen molar-refractivity contribution in [3.05, 3.63) is 29.8 Å². The van der Waals surface area contributed by atoms with E-state index in [1.54, 1.807) is 0 Å². The van der Waals surface area contributed by atoms with Crippen LogP contribution in [0.15, 0.2) is 24.3 Å². The standard InChI is InChI=1S/C15H25NO2/c1-3-5-12-7-9-13(10-8-12)18-15(11-17)14(16)6-4-2/h7-10,14-15,17H,3-6,11,16H2,1-2H3. The summed E-state index contributed by atoms with van der Waals surface area (Å²) < 4.78 is 5.74. The second-order valence-corrected chi connectivity index (χ2v) is 4.69. The van der Waals surface area contributed by atoms with Gasteiger partial charge in [0.15, 0.2) is 0 Å². The Balaban J connectivity index is 2.58. The van der Waals surface area contributed by atoms with Crippen molar-refractivity contribution < 1.29 is 9.84 Å². The number of nitrogens with two attached hydrogens (primary N) is 1. The van der Waals surface area contributed by atoms with Crippen LogP contribution in [0, 0.1) is 0 Å². The summed E-state index contributed by atoms with van der Waals surface area (Å²) >= 11 is 0. The molecule has 102 valence electrons. The van der Waals surface area contributed by atoms with Gasteiger partial charge in [0.05, 0.1) is 6.61 Å². The normalized spacial score (nSPS) is 14.2. The van der Waals surface area contributed by atoms with Gasteiger partial charge in [0.2, 0.25) is 0 Å². The smallest absolute Gasteiger partial charge is 0.137 e. The minimum atomic E-state index is -0.318. The highest BCUT2D eigenvalue weighted by molar-refractivity contribution is 5.27. The zero-order valence-corrected chi connectivity index (χ0v) is 11.4. The largest absolute Gasteiger partial charge is 0.486 e. The van der Waals surface area contributed by atoms with Crippen molar-refractivity contribution in [1.29, 1.82) is 0 Å². The monoisotopic (exact) mass is 251 g/mol. The fourth-order valence-electron chi connectivity index (χ4n) is 1.98. The highest BCUT2D eigenvalue weighted by atomic mass is 16.5. The van der Waals surface area contributed by atoms with E-state index in [0.29, 0.717) is 0 Å². The second-order valence-electron chi connectivity index (χ2n) is 4.69. The lowest BCUT2D eigenvalue weighted by Crippen LogP contribution is -2.41. The zero-order chi connectivity index (χ0) is 13.4. The molecule has 0 bridgehead atoms. The third-order valence-electron chi connectivity index (χ3n) is 3.03. The van der Waals surface area contributed by atoms with Crippen molar-refractivity contribution in [1.82, 2.24) is 0 Å². The molecule has 0 aliphatic rings. The molecule has 1 aromatic rings. The van der Waals surface area contributed by atoms with E-state index in [-0.39, 0.29) is 18.8 Å². The van der Waals surface area contributed by atoms with Gasteiger partial charge in [-0.05, 0) is 30.5 Å². The summed E-state index contributed by atoms with van der Waals surface area (Å²) in [6.07, 6.45) is 3.76. The molecule has 1 rings (SSSR count). The third-order valence-corrected chi connectivity index (χ3v) is 3.03. The predicted octanol–water partition coefficient (Wildman–Crippen LogP) is 2.51. The molecule has 18 heavy (non-hydrogen) atoms. The second kappa shape index (κ2) is 8.11. The summed E-state index contributed by atoms with van der Waals surface area (Å²) in [6, 6.07) is 7.92. The number of aliphatic hydroxyl groups excluding tert-OH is 1. The van der Waals surface area contributed by atoms with Crippen LogP contribution in [-0.4, -0.2) is 23.9 Å². The number of benzene rings is 1. The molecule has 2 unspecified atom stereocenters. The van der Waals surface area contributed by atoms with Crippen molar-refractivity contribution in [3.8, 4) is 5.75 Å². The number of hydrogen-bond donors (Lipinski definition) is 2. The van der Waals surface area contributed by atoms with E-state index in [1.165, 1.54) is 5.56 Å². The molecule has 0 heterocycles. The van der Waals surface area contributed by atoms with Gasteiger partial charge >= 0.3 is 0 Å². The number of rotatable bonds is 8. The van der Waals surface area contributed by atoms with E-state index in [9.17, 15) is 5.11 Å². The summed E-state index contributed by atoms with van der Waals surface area (Å²) in [6.45, 7) is 4.20. The maximum absolute atomic E-state index is 9.32. The van der Waals surface area contributed by atoms with Gasteiger partial charge in [-0.1, -0.05) is 38.8 Å². The molecule has 2 atom stereocenters. The van der Waals surface area contributed by atoms with Crippen LogP contribution in [0.5, 0.6) is 5.75 Å². The van der Waals surface area contributed by atoms with Crippen molar-refractivity contribution in [2.24, 2.45) is 5.73 Å². The van der Waals surface area contributed by atoms with E-state index in [2.05, 4.69) is 26.0 Å². The molecule has 1 aromatic carbocycles. The van der Waals surface area contributed by atoms with Gasteiger partial charge in [-0.3, -0.25) is 0 Å². The first kappa shape index (κ1) is 15.0. The molecule has 0 aliphatic carbocycles. The van der Waals surface area contributed by atoms with Crippen LogP contribution in [0.2, 0.25) is 0 Å². The van der Waals surface area contributed by atoms with E-state index < -0.39 is 0 Å². The Morgan fingerprint density at radius 1 is 1.17 bits per heavy atom. The van der Waals surface area contributed by atoms with E-state index >= 15 is 0 Å². The molecule has 3 heteroatoms. The number of hydrogen-bond acceptors (Lipinski definition) is 3. The Bertz CT molecular complexity index is 324. The first-order valence-electron chi connectivity index (χ1n) is 6.83. The van der Waals surface area contributed by atoms with Crippen LogP contribution in [0.4, 0.5) is 0 Å². The summed E-state index contributed by atoms with van der Waals surface area (Å²) in [4.78, 5) is 0. The number of aryl methyl sites for hydroxylation is 1. The maximum Gasteiger partial charge on any atom is 0.137 e. The lowest BCUT2D eigenvalue weighted by Gasteiger charge is -2.23. The lowest BCUT2D eigenvalue weighted by atomic mass is 10.1. The average molecular weight is 251 g/mol. The molecule has 0 aliphatic heterocycles. The molecule has 0 aromatic heterocycles. The highest BCUT2D eigenvalue weighted by Crippen LogP contribution is 2.16. The Morgan fingerprint density at radius 2 is 1.83 bits per heavy atom. The summed E-state index contributed by atoms with van der Waals surface area (Å²) in [5, 5.41) is 9.32. The summed E-state index contributed by atoms with van der Waals surface area (Å²) in [5.74, 6) is 0.778. The maximum atomic E-state index is 9.32. The molecule has 0 fully saturated rings. The van der Waals surface area contributed by atoms with Gasteiger partial charge < -0.3 is 15.6 Å². The van der Waals surface area contributed by atoms with Gasteiger partial charge in [0.1, 0.15) is 11.9 Å². The van der Waals surface area contributed by atoms with E-state index in [1.807, 2.05) is 12.1 Å².